The summed E-state index contributed by atoms with van der Waals surface area (Å²) in [6.45, 7) is 2.02. The highest BCUT2D eigenvalue weighted by atomic mass is 32.2. The van der Waals surface area contributed by atoms with Crippen molar-refractivity contribution in [2.45, 2.75) is 30.2 Å². The Bertz CT molecular complexity index is 1160. The number of para-hydroxylation sites is 1. The average Bonchev–Trinajstić information content (AvgIpc) is 2.73. The number of thioether (sulfide) groups is 1. The molecule has 30 heavy (non-hydrogen) atoms. The largest absolute Gasteiger partial charge is 0.326 e. The molecule has 0 aliphatic carbocycles. The van der Waals surface area contributed by atoms with E-state index in [-0.39, 0.29) is 23.7 Å². The van der Waals surface area contributed by atoms with Gasteiger partial charge in [-0.3, -0.25) is 14.4 Å². The number of benzene rings is 2. The van der Waals surface area contributed by atoms with Gasteiger partial charge in [0.2, 0.25) is 11.8 Å². The fraction of sp³-hybridized carbons (Fsp3) is 0.182. The first-order valence-corrected chi connectivity index (χ1v) is 10.5. The number of nitrogens with zero attached hydrogens (tertiary/aromatic N) is 1. The van der Waals surface area contributed by atoms with Crippen LogP contribution in [-0.4, -0.2) is 21.8 Å². The number of fused-ring (bicyclic) bond motifs is 1. The van der Waals surface area contributed by atoms with Crippen LogP contribution < -0.4 is 16.2 Å². The van der Waals surface area contributed by atoms with Gasteiger partial charge in [0.25, 0.3) is 5.56 Å². The number of aromatic nitrogens is 2. The quantitative estimate of drug-likeness (QED) is 0.433. The van der Waals surface area contributed by atoms with Gasteiger partial charge in [0.05, 0.1) is 11.5 Å². The van der Waals surface area contributed by atoms with Gasteiger partial charge in [0.1, 0.15) is 5.82 Å². The van der Waals surface area contributed by atoms with Crippen LogP contribution in [0.25, 0.3) is 0 Å². The average molecular weight is 420 g/mol. The van der Waals surface area contributed by atoms with E-state index in [1.54, 1.807) is 24.3 Å². The number of H-pyrrole nitrogens is 1. The van der Waals surface area contributed by atoms with Crippen molar-refractivity contribution in [3.63, 3.8) is 0 Å². The predicted octanol–water partition coefficient (Wildman–Crippen LogP) is 3.44. The minimum atomic E-state index is -0.902. The van der Waals surface area contributed by atoms with Crippen molar-refractivity contribution in [2.75, 3.05) is 10.6 Å². The highest BCUT2D eigenvalue weighted by molar-refractivity contribution is 7.98. The van der Waals surface area contributed by atoms with Crippen molar-refractivity contribution in [1.29, 1.82) is 0 Å². The van der Waals surface area contributed by atoms with Gasteiger partial charge in [0.15, 0.2) is 5.16 Å². The summed E-state index contributed by atoms with van der Waals surface area (Å²) in [4.78, 5) is 44.9. The van der Waals surface area contributed by atoms with Gasteiger partial charge in [-0.15, -0.1) is 0 Å². The van der Waals surface area contributed by atoms with Crippen molar-refractivity contribution >= 4 is 35.1 Å². The summed E-state index contributed by atoms with van der Waals surface area (Å²) in [6, 6.07) is 16.9. The fourth-order valence-electron chi connectivity index (χ4n) is 3.31. The van der Waals surface area contributed by atoms with Crippen LogP contribution in [0.2, 0.25) is 0 Å². The molecule has 1 aliphatic heterocycles. The van der Waals surface area contributed by atoms with Crippen LogP contribution in [0.15, 0.2) is 64.5 Å². The van der Waals surface area contributed by atoms with Crippen LogP contribution in [0.5, 0.6) is 0 Å². The van der Waals surface area contributed by atoms with E-state index in [0.29, 0.717) is 16.6 Å². The van der Waals surface area contributed by atoms with Gasteiger partial charge in [-0.2, -0.15) is 0 Å². The first-order chi connectivity index (χ1) is 14.5. The van der Waals surface area contributed by atoms with Gasteiger partial charge < -0.3 is 15.6 Å². The summed E-state index contributed by atoms with van der Waals surface area (Å²) in [6.07, 6.45) is -0.105. The third-order valence-electron chi connectivity index (χ3n) is 4.91. The van der Waals surface area contributed by atoms with Crippen LogP contribution >= 0.6 is 11.8 Å². The van der Waals surface area contributed by atoms with Crippen molar-refractivity contribution in [3.8, 4) is 0 Å². The van der Waals surface area contributed by atoms with E-state index in [4.69, 9.17) is 0 Å². The molecular formula is C22H20N4O3S. The normalized spacial score (nSPS) is 15.2. The second-order valence-corrected chi connectivity index (χ2v) is 7.97. The second-order valence-electron chi connectivity index (χ2n) is 7.01. The summed E-state index contributed by atoms with van der Waals surface area (Å²) in [5, 5.41) is 5.79. The molecule has 0 saturated carbocycles. The lowest BCUT2D eigenvalue weighted by molar-refractivity contribution is -0.123. The number of carbonyl (C=O) groups is 2. The first-order valence-electron chi connectivity index (χ1n) is 9.48. The zero-order chi connectivity index (χ0) is 21.1. The fourth-order valence-corrected chi connectivity index (χ4v) is 4.25. The molecule has 7 nitrogen and oxygen atoms in total. The topological polar surface area (TPSA) is 104 Å². The molecule has 8 heteroatoms. The molecule has 1 atom stereocenters. The molecule has 0 bridgehead atoms. The smallest absolute Gasteiger partial charge is 0.257 e. The molecular weight excluding hydrogens is 400 g/mol. The van der Waals surface area contributed by atoms with Gasteiger partial charge in [-0.25, -0.2) is 4.98 Å². The number of carbonyl (C=O) groups excluding carboxylic acids is 2. The maximum atomic E-state index is 12.8. The van der Waals surface area contributed by atoms with E-state index in [0.717, 1.165) is 11.1 Å². The molecule has 3 N–H and O–H groups in total. The summed E-state index contributed by atoms with van der Waals surface area (Å²) in [5.41, 5.74) is 2.65. The monoisotopic (exact) mass is 420 g/mol. The molecule has 0 radical (unpaired) electrons. The zero-order valence-corrected chi connectivity index (χ0v) is 17.1. The molecule has 1 aliphatic rings. The Morgan fingerprint density at radius 2 is 1.87 bits per heavy atom. The molecule has 2 heterocycles. The van der Waals surface area contributed by atoms with Crippen LogP contribution in [0.1, 0.15) is 29.0 Å². The maximum absolute atomic E-state index is 12.8. The number of nitrogens with one attached hydrogen (secondary N) is 3. The third-order valence-corrected chi connectivity index (χ3v) is 5.83. The molecule has 3 aromatic rings. The number of aromatic amines is 1. The SMILES string of the molecule is Cc1ccccc1CSc1nc2c(c(=O)[nH]1)[C@H](C(=O)Nc1ccccc1)CC(=O)N2. The molecule has 0 saturated heterocycles. The van der Waals surface area contributed by atoms with Crippen molar-refractivity contribution in [3.05, 3.63) is 81.6 Å². The van der Waals surface area contributed by atoms with Gasteiger partial charge in [0, 0.05) is 17.9 Å². The summed E-state index contributed by atoms with van der Waals surface area (Å²) in [5.74, 6) is -0.884. The molecule has 0 unspecified atom stereocenters. The summed E-state index contributed by atoms with van der Waals surface area (Å²) in [7, 11) is 0. The highest BCUT2D eigenvalue weighted by Gasteiger charge is 2.34. The van der Waals surface area contributed by atoms with Crippen molar-refractivity contribution in [1.82, 2.24) is 9.97 Å². The zero-order valence-electron chi connectivity index (χ0n) is 16.3. The maximum Gasteiger partial charge on any atom is 0.257 e. The van der Waals surface area contributed by atoms with Crippen LogP contribution in [0.3, 0.4) is 0 Å². The Labute approximate surface area is 177 Å². The Morgan fingerprint density at radius 1 is 1.13 bits per heavy atom. The molecule has 0 fully saturated rings. The number of aryl methyl sites for hydroxylation is 1. The predicted molar refractivity (Wildman–Crippen MR) is 117 cm³/mol. The van der Waals surface area contributed by atoms with Crippen LogP contribution in [0.4, 0.5) is 11.5 Å². The molecule has 2 aromatic carbocycles. The molecule has 152 valence electrons. The lowest BCUT2D eigenvalue weighted by Gasteiger charge is -2.23. The number of rotatable bonds is 5. The minimum absolute atomic E-state index is 0.105. The van der Waals surface area contributed by atoms with Gasteiger partial charge in [-0.1, -0.05) is 54.2 Å². The Balaban J connectivity index is 1.59. The lowest BCUT2D eigenvalue weighted by atomic mass is 9.92. The van der Waals surface area contributed by atoms with Crippen LogP contribution in [0, 0.1) is 6.92 Å². The number of hydrogen-bond acceptors (Lipinski definition) is 5. The van der Waals surface area contributed by atoms with E-state index in [2.05, 4.69) is 20.6 Å². The van der Waals surface area contributed by atoms with Crippen molar-refractivity contribution < 1.29 is 9.59 Å². The molecule has 4 rings (SSSR count). The third kappa shape index (κ3) is 4.28. The standard InChI is InChI=1S/C22H20N4O3S/c1-13-7-5-6-8-14(13)12-30-22-25-19-18(21(29)26-22)16(11-17(27)24-19)20(28)23-15-9-3-2-4-10-15/h2-10,16H,11-12H2,1H3,(H,23,28)(H2,24,25,26,27,29)/t16-/m1/s1. The second kappa shape index (κ2) is 8.54. The molecule has 1 aromatic heterocycles. The number of hydrogen-bond donors (Lipinski definition) is 3. The Morgan fingerprint density at radius 3 is 2.63 bits per heavy atom. The van der Waals surface area contributed by atoms with Crippen molar-refractivity contribution in [2.24, 2.45) is 0 Å². The van der Waals surface area contributed by atoms with E-state index in [1.807, 2.05) is 37.3 Å². The van der Waals surface area contributed by atoms with E-state index in [9.17, 15) is 14.4 Å². The van der Waals surface area contributed by atoms with E-state index >= 15 is 0 Å². The lowest BCUT2D eigenvalue weighted by Crippen LogP contribution is -2.36. The Kier molecular flexibility index (Phi) is 5.67. The molecule has 0 spiro atoms. The van der Waals surface area contributed by atoms with Crippen LogP contribution in [-0.2, 0) is 15.3 Å². The summed E-state index contributed by atoms with van der Waals surface area (Å²) < 4.78 is 0. The van der Waals surface area contributed by atoms with E-state index < -0.39 is 17.4 Å². The summed E-state index contributed by atoms with van der Waals surface area (Å²) >= 11 is 1.37. The van der Waals surface area contributed by atoms with E-state index in [1.165, 1.54) is 11.8 Å². The van der Waals surface area contributed by atoms with Gasteiger partial charge in [-0.05, 0) is 30.2 Å². The number of anilines is 2. The Hall–Kier alpha value is -3.39. The number of amides is 2. The van der Waals surface area contributed by atoms with Gasteiger partial charge >= 0.3 is 0 Å². The first kappa shape index (κ1) is 19.9. The highest BCUT2D eigenvalue weighted by Crippen LogP contribution is 2.31. The minimum Gasteiger partial charge on any atom is -0.326 e. The molecule has 2 amide bonds.